The average Bonchev–Trinajstić information content (AvgIpc) is 2.79. The minimum atomic E-state index is -0.339. The fourth-order valence-corrected chi connectivity index (χ4v) is 3.66. The molecule has 0 saturated carbocycles. The molecule has 0 aromatic heterocycles. The van der Waals surface area contributed by atoms with Crippen molar-refractivity contribution < 1.29 is 14.3 Å². The number of hydrogen-bond donors (Lipinski definition) is 3. The molecule has 2 rings (SSSR count). The van der Waals surface area contributed by atoms with E-state index in [2.05, 4.69) is 38.8 Å². The van der Waals surface area contributed by atoms with Gasteiger partial charge >= 0.3 is 0 Å². The molecule has 2 amide bonds. The van der Waals surface area contributed by atoms with Crippen LogP contribution in [0.2, 0.25) is 0 Å². The van der Waals surface area contributed by atoms with Gasteiger partial charge in [-0.15, -0.1) is 0 Å². The fraction of sp³-hybridized carbons (Fsp3) is 0.400. The second kappa shape index (κ2) is 14.0. The molecule has 0 fully saturated rings. The van der Waals surface area contributed by atoms with Crippen LogP contribution in [0, 0.1) is 0 Å². The summed E-state index contributed by atoms with van der Waals surface area (Å²) in [5.41, 5.74) is 1.58. The van der Waals surface area contributed by atoms with Crippen LogP contribution >= 0.6 is 28.1 Å². The number of amides is 2. The van der Waals surface area contributed by atoms with Gasteiger partial charge in [0, 0.05) is 22.9 Å². The van der Waals surface area contributed by atoms with E-state index in [-0.39, 0.29) is 23.0 Å². The van der Waals surface area contributed by atoms with Gasteiger partial charge in [0.05, 0.1) is 11.1 Å². The number of hydrogen-bond acceptors (Lipinski definition) is 4. The number of nitrogens with one attached hydrogen (secondary N) is 3. The van der Waals surface area contributed by atoms with Gasteiger partial charge in [-0.25, -0.2) is 0 Å². The SMILES string of the molecule is CCCCCCOc1ccc(C(=O)NC(=S)Nc2cccc(C(=O)NC(C)CC)c2)cc1Br. The van der Waals surface area contributed by atoms with Gasteiger partial charge in [-0.2, -0.15) is 0 Å². The van der Waals surface area contributed by atoms with E-state index < -0.39 is 0 Å². The standard InChI is InChI=1S/C25H32BrN3O3S/c1-4-6-7-8-14-32-22-13-12-19(16-21(22)26)24(31)29-25(33)28-20-11-9-10-18(15-20)23(30)27-17(3)5-2/h9-13,15-17H,4-8,14H2,1-3H3,(H,27,30)(H2,28,29,31,33). The van der Waals surface area contributed by atoms with Crippen LogP contribution < -0.4 is 20.7 Å². The Bertz CT molecular complexity index is 968. The van der Waals surface area contributed by atoms with Crippen LogP contribution in [0.3, 0.4) is 0 Å². The highest BCUT2D eigenvalue weighted by atomic mass is 79.9. The molecule has 0 aliphatic carbocycles. The third-order valence-corrected chi connectivity index (χ3v) is 5.87. The molecule has 2 aromatic rings. The summed E-state index contributed by atoms with van der Waals surface area (Å²) in [5, 5.41) is 8.70. The van der Waals surface area contributed by atoms with E-state index in [0.29, 0.717) is 33.6 Å². The first-order valence-corrected chi connectivity index (χ1v) is 12.5. The molecule has 2 aromatic carbocycles. The predicted octanol–water partition coefficient (Wildman–Crippen LogP) is 6.06. The van der Waals surface area contributed by atoms with Crippen LogP contribution in [0.25, 0.3) is 0 Å². The summed E-state index contributed by atoms with van der Waals surface area (Å²) in [7, 11) is 0. The normalized spacial score (nSPS) is 11.4. The second-order valence-corrected chi connectivity index (χ2v) is 9.09. The third-order valence-electron chi connectivity index (χ3n) is 5.05. The number of carbonyl (C=O) groups is 2. The van der Waals surface area contributed by atoms with Crippen molar-refractivity contribution in [3.05, 3.63) is 58.1 Å². The Labute approximate surface area is 210 Å². The summed E-state index contributed by atoms with van der Waals surface area (Å²) in [5.74, 6) is 0.213. The zero-order valence-electron chi connectivity index (χ0n) is 19.4. The van der Waals surface area contributed by atoms with Crippen molar-refractivity contribution in [3.63, 3.8) is 0 Å². The van der Waals surface area contributed by atoms with E-state index in [1.165, 1.54) is 12.8 Å². The van der Waals surface area contributed by atoms with E-state index in [0.717, 1.165) is 19.3 Å². The lowest BCUT2D eigenvalue weighted by atomic mass is 10.1. The maximum absolute atomic E-state index is 12.6. The van der Waals surface area contributed by atoms with Crippen LogP contribution in [0.5, 0.6) is 5.75 Å². The van der Waals surface area contributed by atoms with Crippen molar-refractivity contribution in [1.82, 2.24) is 10.6 Å². The van der Waals surface area contributed by atoms with Crippen molar-refractivity contribution in [3.8, 4) is 5.75 Å². The number of ether oxygens (including phenoxy) is 1. The average molecular weight is 535 g/mol. The molecule has 0 heterocycles. The maximum atomic E-state index is 12.6. The molecule has 0 saturated heterocycles. The minimum Gasteiger partial charge on any atom is -0.492 e. The maximum Gasteiger partial charge on any atom is 0.257 e. The third kappa shape index (κ3) is 9.14. The molecule has 0 aliphatic heterocycles. The van der Waals surface area contributed by atoms with Crippen LogP contribution in [0.1, 0.15) is 73.6 Å². The van der Waals surface area contributed by atoms with Gasteiger partial charge < -0.3 is 15.4 Å². The topological polar surface area (TPSA) is 79.5 Å². The lowest BCUT2D eigenvalue weighted by Crippen LogP contribution is -2.34. The Hall–Kier alpha value is -2.45. The van der Waals surface area contributed by atoms with Gasteiger partial charge in [0.15, 0.2) is 5.11 Å². The zero-order valence-corrected chi connectivity index (χ0v) is 21.8. The molecule has 3 N–H and O–H groups in total. The second-order valence-electron chi connectivity index (χ2n) is 7.83. The highest BCUT2D eigenvalue weighted by Crippen LogP contribution is 2.26. The Kier molecular flexibility index (Phi) is 11.3. The highest BCUT2D eigenvalue weighted by molar-refractivity contribution is 9.10. The Morgan fingerprint density at radius 2 is 1.79 bits per heavy atom. The van der Waals surface area contributed by atoms with Gasteiger partial charge in [0.25, 0.3) is 11.8 Å². The smallest absolute Gasteiger partial charge is 0.257 e. The number of halogens is 1. The number of thiocarbonyl (C=S) groups is 1. The van der Waals surface area contributed by atoms with E-state index in [9.17, 15) is 9.59 Å². The number of anilines is 1. The Morgan fingerprint density at radius 3 is 2.48 bits per heavy atom. The molecule has 0 aliphatic rings. The quantitative estimate of drug-likeness (QED) is 0.241. The summed E-state index contributed by atoms with van der Waals surface area (Å²) >= 11 is 8.75. The van der Waals surface area contributed by atoms with Gasteiger partial charge in [0.2, 0.25) is 0 Å². The molecule has 1 atom stereocenters. The van der Waals surface area contributed by atoms with E-state index in [4.69, 9.17) is 17.0 Å². The van der Waals surface area contributed by atoms with Crippen molar-refractivity contribution in [2.75, 3.05) is 11.9 Å². The first-order valence-electron chi connectivity index (χ1n) is 11.3. The Balaban J connectivity index is 1.91. The molecule has 0 spiro atoms. The van der Waals surface area contributed by atoms with Gasteiger partial charge in [-0.1, -0.05) is 39.2 Å². The van der Waals surface area contributed by atoms with Gasteiger partial charge in [0.1, 0.15) is 5.75 Å². The number of unbranched alkanes of at least 4 members (excludes halogenated alkanes) is 3. The van der Waals surface area contributed by atoms with Gasteiger partial charge in [-0.3, -0.25) is 14.9 Å². The van der Waals surface area contributed by atoms with Crippen molar-refractivity contribution >= 4 is 50.8 Å². The van der Waals surface area contributed by atoms with Crippen LogP contribution in [-0.4, -0.2) is 29.6 Å². The lowest BCUT2D eigenvalue weighted by Gasteiger charge is -2.13. The fourth-order valence-electron chi connectivity index (χ4n) is 2.96. The van der Waals surface area contributed by atoms with Crippen molar-refractivity contribution in [1.29, 1.82) is 0 Å². The number of benzene rings is 2. The van der Waals surface area contributed by atoms with Crippen molar-refractivity contribution in [2.45, 2.75) is 58.9 Å². The molecule has 8 heteroatoms. The van der Waals surface area contributed by atoms with Gasteiger partial charge in [-0.05, 0) is 84.3 Å². The number of rotatable bonds is 11. The van der Waals surface area contributed by atoms with Crippen LogP contribution in [0.15, 0.2) is 46.9 Å². The summed E-state index contributed by atoms with van der Waals surface area (Å²) in [6.45, 7) is 6.78. The van der Waals surface area contributed by atoms with E-state index >= 15 is 0 Å². The highest BCUT2D eigenvalue weighted by Gasteiger charge is 2.13. The summed E-state index contributed by atoms with van der Waals surface area (Å²) in [4.78, 5) is 24.9. The van der Waals surface area contributed by atoms with Crippen LogP contribution in [0.4, 0.5) is 5.69 Å². The molecule has 33 heavy (non-hydrogen) atoms. The first-order chi connectivity index (χ1) is 15.8. The summed E-state index contributed by atoms with van der Waals surface area (Å²) in [6.07, 6.45) is 5.38. The van der Waals surface area contributed by atoms with Crippen LogP contribution in [-0.2, 0) is 0 Å². The lowest BCUT2D eigenvalue weighted by molar-refractivity contribution is 0.0937. The summed E-state index contributed by atoms with van der Waals surface area (Å²) in [6, 6.07) is 12.2. The van der Waals surface area contributed by atoms with Crippen molar-refractivity contribution in [2.24, 2.45) is 0 Å². The minimum absolute atomic E-state index is 0.0895. The molecular formula is C25H32BrN3O3S. The predicted molar refractivity (Wildman–Crippen MR) is 141 cm³/mol. The summed E-state index contributed by atoms with van der Waals surface area (Å²) < 4.78 is 6.50. The largest absolute Gasteiger partial charge is 0.492 e. The molecular weight excluding hydrogens is 502 g/mol. The molecule has 1 unspecified atom stereocenters. The molecule has 178 valence electrons. The van der Waals surface area contributed by atoms with E-state index in [1.54, 1.807) is 42.5 Å². The monoisotopic (exact) mass is 533 g/mol. The molecule has 0 radical (unpaired) electrons. The van der Waals surface area contributed by atoms with E-state index in [1.807, 2.05) is 13.8 Å². The first kappa shape index (κ1) is 26.8. The molecule has 0 bridgehead atoms. The Morgan fingerprint density at radius 1 is 1.03 bits per heavy atom. The number of carbonyl (C=O) groups excluding carboxylic acids is 2. The molecule has 6 nitrogen and oxygen atoms in total. The zero-order chi connectivity index (χ0) is 24.2.